The smallest absolute Gasteiger partial charge is 0.410 e. The molecule has 0 unspecified atom stereocenters. The van der Waals surface area contributed by atoms with Crippen LogP contribution in [0.1, 0.15) is 44.0 Å². The van der Waals surface area contributed by atoms with Gasteiger partial charge < -0.3 is 28.9 Å². The second-order valence-electron chi connectivity index (χ2n) is 10.5. The van der Waals surface area contributed by atoms with Gasteiger partial charge in [-0.05, 0) is 50.8 Å². The number of piperazine rings is 1. The minimum absolute atomic E-state index is 0.115. The number of hydrogen-bond acceptors (Lipinski definition) is 8. The number of carbonyl (C=O) groups excluding carboxylic acids is 2. The number of ether oxygens (including phenoxy) is 3. The van der Waals surface area contributed by atoms with E-state index in [0.717, 1.165) is 16.9 Å². The van der Waals surface area contributed by atoms with Gasteiger partial charge in [-0.1, -0.05) is 30.3 Å². The molecule has 38 heavy (non-hydrogen) atoms. The number of carbonyl (C=O) groups is 2. The van der Waals surface area contributed by atoms with Gasteiger partial charge in [0.25, 0.3) is 0 Å². The summed E-state index contributed by atoms with van der Waals surface area (Å²) in [5.41, 5.74) is 2.04. The van der Waals surface area contributed by atoms with Crippen LogP contribution in [-0.2, 0) is 33.8 Å². The second-order valence-corrected chi connectivity index (χ2v) is 10.8. The van der Waals surface area contributed by atoms with E-state index in [0.29, 0.717) is 57.9 Å². The maximum absolute atomic E-state index is 12.9. The Morgan fingerprint density at radius 2 is 1.84 bits per heavy atom. The Bertz CT molecular complexity index is 1130. The summed E-state index contributed by atoms with van der Waals surface area (Å²) in [6.45, 7) is 8.72. The zero-order chi connectivity index (χ0) is 27.3. The van der Waals surface area contributed by atoms with E-state index in [2.05, 4.69) is 14.9 Å². The van der Waals surface area contributed by atoms with Crippen LogP contribution in [0.3, 0.4) is 0 Å². The number of nitrogens with zero attached hydrogens (tertiary/aromatic N) is 5. The van der Waals surface area contributed by atoms with Gasteiger partial charge in [-0.3, -0.25) is 0 Å². The third-order valence-electron chi connectivity index (χ3n) is 6.54. The van der Waals surface area contributed by atoms with E-state index in [1.54, 1.807) is 16.9 Å². The van der Waals surface area contributed by atoms with Crippen LogP contribution in [0.2, 0.25) is 5.28 Å². The van der Waals surface area contributed by atoms with Crippen molar-refractivity contribution in [1.29, 1.82) is 0 Å². The Hall–Kier alpha value is -3.11. The molecule has 11 heteroatoms. The predicted molar refractivity (Wildman–Crippen MR) is 143 cm³/mol. The molecule has 0 spiro atoms. The summed E-state index contributed by atoms with van der Waals surface area (Å²) >= 11 is 6.35. The average Bonchev–Trinajstić information content (AvgIpc) is 2.89. The first kappa shape index (κ1) is 27.9. The van der Waals surface area contributed by atoms with Gasteiger partial charge in [-0.2, -0.15) is 0 Å². The summed E-state index contributed by atoms with van der Waals surface area (Å²) in [4.78, 5) is 40.3. The van der Waals surface area contributed by atoms with Crippen molar-refractivity contribution in [2.45, 2.75) is 58.4 Å². The Balaban J connectivity index is 1.47. The molecule has 0 aliphatic carbocycles. The lowest BCUT2D eigenvalue weighted by Gasteiger charge is -2.43. The molecular formula is C27H36ClN5O5. The van der Waals surface area contributed by atoms with Crippen molar-refractivity contribution in [3.8, 4) is 0 Å². The number of benzene rings is 1. The molecule has 1 aromatic carbocycles. The fourth-order valence-electron chi connectivity index (χ4n) is 4.72. The predicted octanol–water partition coefficient (Wildman–Crippen LogP) is 4.29. The molecule has 0 saturated carbocycles. The lowest BCUT2D eigenvalue weighted by atomic mass is 10.0. The van der Waals surface area contributed by atoms with E-state index in [1.165, 1.54) is 0 Å². The third kappa shape index (κ3) is 7.05. The van der Waals surface area contributed by atoms with Crippen molar-refractivity contribution in [1.82, 2.24) is 19.8 Å². The maximum atomic E-state index is 12.9. The SMILES string of the molecule is COCC[C@H]1CN(c2nc(Cl)nc3c2CCN(C(=O)OCc2ccccc2)C3)CCN1C(=O)OC(C)(C)C. The molecule has 206 valence electrons. The van der Waals surface area contributed by atoms with Gasteiger partial charge in [0.1, 0.15) is 18.0 Å². The minimum atomic E-state index is -0.576. The van der Waals surface area contributed by atoms with Gasteiger partial charge in [0.15, 0.2) is 0 Å². The van der Waals surface area contributed by atoms with Crippen LogP contribution >= 0.6 is 11.6 Å². The quantitative estimate of drug-likeness (QED) is 0.496. The van der Waals surface area contributed by atoms with E-state index >= 15 is 0 Å². The molecule has 4 rings (SSSR count). The number of fused-ring (bicyclic) bond motifs is 1. The molecule has 0 radical (unpaired) electrons. The highest BCUT2D eigenvalue weighted by Crippen LogP contribution is 2.30. The molecule has 2 aromatic rings. The third-order valence-corrected chi connectivity index (χ3v) is 6.71. The topological polar surface area (TPSA) is 97.3 Å². The number of rotatable bonds is 6. The van der Waals surface area contributed by atoms with E-state index in [4.69, 9.17) is 25.8 Å². The van der Waals surface area contributed by atoms with Crippen LogP contribution in [0.5, 0.6) is 0 Å². The molecule has 0 N–H and O–H groups in total. The Morgan fingerprint density at radius 3 is 2.55 bits per heavy atom. The summed E-state index contributed by atoms with van der Waals surface area (Å²) in [7, 11) is 1.65. The van der Waals surface area contributed by atoms with Crippen LogP contribution in [0, 0.1) is 0 Å². The van der Waals surface area contributed by atoms with Crippen molar-refractivity contribution >= 4 is 29.6 Å². The fourth-order valence-corrected chi connectivity index (χ4v) is 4.90. The molecule has 2 amide bonds. The highest BCUT2D eigenvalue weighted by atomic mass is 35.5. The Kier molecular flexibility index (Phi) is 8.94. The molecule has 10 nitrogen and oxygen atoms in total. The van der Waals surface area contributed by atoms with Crippen molar-refractivity contribution in [2.75, 3.05) is 44.8 Å². The monoisotopic (exact) mass is 545 g/mol. The largest absolute Gasteiger partial charge is 0.445 e. The van der Waals surface area contributed by atoms with Gasteiger partial charge in [-0.15, -0.1) is 0 Å². The normalized spacial score (nSPS) is 17.7. The first-order valence-electron chi connectivity index (χ1n) is 12.9. The first-order valence-corrected chi connectivity index (χ1v) is 13.3. The molecule has 1 aromatic heterocycles. The number of methoxy groups -OCH3 is 1. The average molecular weight is 546 g/mol. The number of anilines is 1. The van der Waals surface area contributed by atoms with Crippen LogP contribution in [0.15, 0.2) is 30.3 Å². The first-order chi connectivity index (χ1) is 18.1. The summed E-state index contributed by atoms with van der Waals surface area (Å²) in [6.07, 6.45) is 0.526. The number of halogens is 1. The van der Waals surface area contributed by atoms with Crippen molar-refractivity contribution in [3.63, 3.8) is 0 Å². The Morgan fingerprint density at radius 1 is 1.08 bits per heavy atom. The molecule has 2 aliphatic heterocycles. The number of hydrogen-bond donors (Lipinski definition) is 0. The van der Waals surface area contributed by atoms with Gasteiger partial charge in [-0.25, -0.2) is 19.6 Å². The van der Waals surface area contributed by atoms with Crippen LogP contribution < -0.4 is 4.90 Å². The lowest BCUT2D eigenvalue weighted by molar-refractivity contribution is 0.0105. The van der Waals surface area contributed by atoms with Crippen molar-refractivity contribution < 1.29 is 23.8 Å². The fraction of sp³-hybridized carbons (Fsp3) is 0.556. The molecule has 1 atom stereocenters. The highest BCUT2D eigenvalue weighted by molar-refractivity contribution is 6.28. The van der Waals surface area contributed by atoms with Crippen LogP contribution in [-0.4, -0.2) is 83.5 Å². The lowest BCUT2D eigenvalue weighted by Crippen LogP contribution is -2.57. The van der Waals surface area contributed by atoms with Crippen molar-refractivity contribution in [3.05, 3.63) is 52.4 Å². The maximum Gasteiger partial charge on any atom is 0.410 e. The van der Waals surface area contributed by atoms with Crippen LogP contribution in [0.25, 0.3) is 0 Å². The molecule has 1 saturated heterocycles. The second kappa shape index (κ2) is 12.2. The Labute approximate surface area is 228 Å². The molecule has 2 aliphatic rings. The van der Waals surface area contributed by atoms with E-state index in [-0.39, 0.29) is 30.1 Å². The van der Waals surface area contributed by atoms with Gasteiger partial charge in [0.2, 0.25) is 5.28 Å². The molecular weight excluding hydrogens is 510 g/mol. The van der Waals surface area contributed by atoms with E-state index in [9.17, 15) is 9.59 Å². The molecule has 1 fully saturated rings. The van der Waals surface area contributed by atoms with Gasteiger partial charge in [0, 0.05) is 45.5 Å². The summed E-state index contributed by atoms with van der Waals surface area (Å²) in [5.74, 6) is 0.753. The molecule has 0 bridgehead atoms. The zero-order valence-electron chi connectivity index (χ0n) is 22.5. The van der Waals surface area contributed by atoms with E-state index in [1.807, 2.05) is 51.1 Å². The van der Waals surface area contributed by atoms with E-state index < -0.39 is 5.60 Å². The highest BCUT2D eigenvalue weighted by Gasteiger charge is 2.36. The zero-order valence-corrected chi connectivity index (χ0v) is 23.2. The summed E-state index contributed by atoms with van der Waals surface area (Å²) in [5, 5.41) is 0.126. The minimum Gasteiger partial charge on any atom is -0.445 e. The summed E-state index contributed by atoms with van der Waals surface area (Å²) in [6, 6.07) is 9.46. The van der Waals surface area contributed by atoms with Crippen molar-refractivity contribution in [2.24, 2.45) is 0 Å². The number of amides is 2. The van der Waals surface area contributed by atoms with Gasteiger partial charge in [0.05, 0.1) is 18.3 Å². The summed E-state index contributed by atoms with van der Waals surface area (Å²) < 4.78 is 16.5. The number of aromatic nitrogens is 2. The molecule has 3 heterocycles. The van der Waals surface area contributed by atoms with Gasteiger partial charge >= 0.3 is 12.2 Å². The van der Waals surface area contributed by atoms with Crippen LogP contribution in [0.4, 0.5) is 15.4 Å². The standard InChI is InChI=1S/C27H36ClN5O5/c1-27(2,3)38-26(35)33-14-13-31(16-20(33)11-15-36-4)23-21-10-12-32(17-22(21)29-24(28)30-23)25(34)37-18-19-8-6-5-7-9-19/h5-9,20H,10-18H2,1-4H3/t20-/m0/s1.